The normalized spacial score (nSPS) is 11.6. The van der Waals surface area contributed by atoms with Crippen molar-refractivity contribution in [3.05, 3.63) is 64.9 Å². The second-order valence-electron chi connectivity index (χ2n) is 4.80. The molecule has 7 heteroatoms. The summed E-state index contributed by atoms with van der Waals surface area (Å²) in [6.07, 6.45) is 3.81. The second-order valence-corrected chi connectivity index (χ2v) is 7.22. The van der Waals surface area contributed by atoms with Crippen LogP contribution < -0.4 is 5.32 Å². The van der Waals surface area contributed by atoms with E-state index in [0.29, 0.717) is 11.3 Å². The Hall–Kier alpha value is -2.18. The van der Waals surface area contributed by atoms with E-state index < -0.39 is 21.6 Å². The highest BCUT2D eigenvalue weighted by molar-refractivity contribution is 7.90. The Morgan fingerprint density at radius 3 is 2.61 bits per heavy atom. The van der Waals surface area contributed by atoms with Gasteiger partial charge >= 0.3 is 0 Å². The van der Waals surface area contributed by atoms with Gasteiger partial charge in [-0.1, -0.05) is 23.7 Å². The van der Waals surface area contributed by atoms with Crippen molar-refractivity contribution in [2.24, 2.45) is 0 Å². The molecule has 0 unspecified atom stereocenters. The van der Waals surface area contributed by atoms with Gasteiger partial charge in [-0.2, -0.15) is 0 Å². The molecule has 0 aliphatic carbocycles. The van der Waals surface area contributed by atoms with Crippen molar-refractivity contribution in [1.29, 1.82) is 0 Å². The molecule has 0 aliphatic rings. The molecule has 0 bridgehead atoms. The molecular formula is C16H13ClFNO3S. The zero-order chi connectivity index (χ0) is 17.0. The molecule has 0 heterocycles. The summed E-state index contributed by atoms with van der Waals surface area (Å²) in [7, 11) is -3.34. The predicted octanol–water partition coefficient (Wildman–Crippen LogP) is 3.53. The maximum Gasteiger partial charge on any atom is 0.248 e. The zero-order valence-electron chi connectivity index (χ0n) is 12.1. The highest BCUT2D eigenvalue weighted by Crippen LogP contribution is 2.17. The van der Waals surface area contributed by atoms with Crippen molar-refractivity contribution in [3.63, 3.8) is 0 Å². The van der Waals surface area contributed by atoms with Crippen molar-refractivity contribution < 1.29 is 17.6 Å². The van der Waals surface area contributed by atoms with Gasteiger partial charge in [-0.25, -0.2) is 12.8 Å². The van der Waals surface area contributed by atoms with E-state index in [4.69, 9.17) is 11.6 Å². The van der Waals surface area contributed by atoms with Crippen molar-refractivity contribution in [2.75, 3.05) is 11.6 Å². The molecule has 0 saturated heterocycles. The summed E-state index contributed by atoms with van der Waals surface area (Å²) in [4.78, 5) is 12.0. The number of carbonyl (C=O) groups is 1. The Morgan fingerprint density at radius 2 is 1.96 bits per heavy atom. The first-order chi connectivity index (χ1) is 10.8. The molecule has 0 aliphatic heterocycles. The quantitative estimate of drug-likeness (QED) is 0.855. The van der Waals surface area contributed by atoms with Gasteiger partial charge in [0.1, 0.15) is 5.82 Å². The number of hydrogen-bond donors (Lipinski definition) is 1. The fourth-order valence-corrected chi connectivity index (χ4v) is 2.63. The minimum Gasteiger partial charge on any atom is -0.322 e. The van der Waals surface area contributed by atoms with Gasteiger partial charge in [0.25, 0.3) is 0 Å². The van der Waals surface area contributed by atoms with Gasteiger partial charge in [-0.15, -0.1) is 0 Å². The number of carbonyl (C=O) groups excluding carboxylic acids is 1. The Morgan fingerprint density at radius 1 is 1.22 bits per heavy atom. The number of hydrogen-bond acceptors (Lipinski definition) is 3. The van der Waals surface area contributed by atoms with Crippen LogP contribution in [0.15, 0.2) is 53.4 Å². The van der Waals surface area contributed by atoms with Crippen LogP contribution in [0.4, 0.5) is 10.1 Å². The SMILES string of the molecule is CS(=O)(=O)c1cccc(NC(=O)/C=C/c2ccc(F)c(Cl)c2)c1. The highest BCUT2D eigenvalue weighted by Gasteiger charge is 2.08. The minimum absolute atomic E-state index is 0.0339. The molecule has 2 aromatic carbocycles. The number of sulfone groups is 1. The van der Waals surface area contributed by atoms with E-state index in [0.717, 1.165) is 6.26 Å². The van der Waals surface area contributed by atoms with Crippen LogP contribution in [-0.4, -0.2) is 20.6 Å². The lowest BCUT2D eigenvalue weighted by Crippen LogP contribution is -2.08. The summed E-state index contributed by atoms with van der Waals surface area (Å²) in [6, 6.07) is 10.0. The molecule has 4 nitrogen and oxygen atoms in total. The molecule has 2 aromatic rings. The van der Waals surface area contributed by atoms with Crippen molar-refractivity contribution in [2.45, 2.75) is 4.90 Å². The summed E-state index contributed by atoms with van der Waals surface area (Å²) >= 11 is 5.65. The molecule has 2 rings (SSSR count). The largest absolute Gasteiger partial charge is 0.322 e. The first kappa shape index (κ1) is 17.2. The number of amides is 1. The van der Waals surface area contributed by atoms with Crippen molar-refractivity contribution in [3.8, 4) is 0 Å². The van der Waals surface area contributed by atoms with E-state index in [1.54, 1.807) is 6.07 Å². The number of rotatable bonds is 4. The van der Waals surface area contributed by atoms with E-state index in [2.05, 4.69) is 5.32 Å². The third-order valence-electron chi connectivity index (χ3n) is 2.90. The van der Waals surface area contributed by atoms with E-state index in [9.17, 15) is 17.6 Å². The minimum atomic E-state index is -3.34. The lowest BCUT2D eigenvalue weighted by molar-refractivity contribution is -0.111. The summed E-state index contributed by atoms with van der Waals surface area (Å²) in [5.74, 6) is -0.984. The third kappa shape index (κ3) is 4.91. The highest BCUT2D eigenvalue weighted by atomic mass is 35.5. The van der Waals surface area contributed by atoms with Gasteiger partial charge in [0.15, 0.2) is 9.84 Å². The molecule has 1 amide bonds. The van der Waals surface area contributed by atoms with Gasteiger partial charge in [0, 0.05) is 18.0 Å². The molecular weight excluding hydrogens is 341 g/mol. The van der Waals surface area contributed by atoms with Crippen molar-refractivity contribution >= 4 is 39.1 Å². The topological polar surface area (TPSA) is 63.2 Å². The van der Waals surface area contributed by atoms with Crippen LogP contribution in [0.25, 0.3) is 6.08 Å². The van der Waals surface area contributed by atoms with Gasteiger partial charge in [-0.3, -0.25) is 4.79 Å². The van der Waals surface area contributed by atoms with Gasteiger partial charge in [0.05, 0.1) is 9.92 Å². The molecule has 120 valence electrons. The van der Waals surface area contributed by atoms with Crippen LogP contribution in [0.1, 0.15) is 5.56 Å². The first-order valence-corrected chi connectivity index (χ1v) is 8.77. The Kier molecular flexibility index (Phi) is 5.18. The number of nitrogens with one attached hydrogen (secondary N) is 1. The number of anilines is 1. The van der Waals surface area contributed by atoms with Crippen LogP contribution in [0, 0.1) is 5.82 Å². The summed E-state index contributed by atoms with van der Waals surface area (Å²) in [6.45, 7) is 0. The summed E-state index contributed by atoms with van der Waals surface area (Å²) in [5.41, 5.74) is 0.927. The van der Waals surface area contributed by atoms with E-state index in [-0.39, 0.29) is 9.92 Å². The molecule has 1 N–H and O–H groups in total. The molecule has 23 heavy (non-hydrogen) atoms. The third-order valence-corrected chi connectivity index (χ3v) is 4.30. The fourth-order valence-electron chi connectivity index (χ4n) is 1.78. The average Bonchev–Trinajstić information content (AvgIpc) is 2.48. The Bertz CT molecular complexity index is 879. The van der Waals surface area contributed by atoms with Crippen LogP contribution in [0.2, 0.25) is 5.02 Å². The predicted molar refractivity (Wildman–Crippen MR) is 88.6 cm³/mol. The Balaban J connectivity index is 2.10. The van der Waals surface area contributed by atoms with Crippen LogP contribution in [0.3, 0.4) is 0 Å². The summed E-state index contributed by atoms with van der Waals surface area (Å²) < 4.78 is 36.0. The standard InChI is InChI=1S/C16H13ClFNO3S/c1-23(21,22)13-4-2-3-12(10-13)19-16(20)8-6-11-5-7-15(18)14(17)9-11/h2-10H,1H3,(H,19,20)/b8-6+. The molecule has 0 saturated carbocycles. The van der Waals surface area contributed by atoms with Crippen LogP contribution in [0.5, 0.6) is 0 Å². The summed E-state index contributed by atoms with van der Waals surface area (Å²) in [5, 5.41) is 2.52. The van der Waals surface area contributed by atoms with E-state index in [1.807, 2.05) is 0 Å². The molecule has 0 fully saturated rings. The van der Waals surface area contributed by atoms with Crippen LogP contribution >= 0.6 is 11.6 Å². The molecule has 0 radical (unpaired) electrons. The first-order valence-electron chi connectivity index (χ1n) is 6.50. The van der Waals surface area contributed by atoms with Crippen LogP contribution in [-0.2, 0) is 14.6 Å². The van der Waals surface area contributed by atoms with Gasteiger partial charge in [-0.05, 0) is 42.0 Å². The van der Waals surface area contributed by atoms with E-state index in [1.165, 1.54) is 48.6 Å². The maximum absolute atomic E-state index is 13.0. The monoisotopic (exact) mass is 353 g/mol. The van der Waals surface area contributed by atoms with Gasteiger partial charge in [0.2, 0.25) is 5.91 Å². The lowest BCUT2D eigenvalue weighted by Gasteiger charge is -2.04. The lowest BCUT2D eigenvalue weighted by atomic mass is 10.2. The van der Waals surface area contributed by atoms with Crippen molar-refractivity contribution in [1.82, 2.24) is 0 Å². The maximum atomic E-state index is 13.0. The Labute approximate surface area is 138 Å². The molecule has 0 spiro atoms. The molecule has 0 aromatic heterocycles. The zero-order valence-corrected chi connectivity index (χ0v) is 13.7. The number of benzene rings is 2. The van der Waals surface area contributed by atoms with Gasteiger partial charge < -0.3 is 5.32 Å². The number of halogens is 2. The van der Waals surface area contributed by atoms with E-state index >= 15 is 0 Å². The average molecular weight is 354 g/mol. The fraction of sp³-hybridized carbons (Fsp3) is 0.0625. The smallest absolute Gasteiger partial charge is 0.248 e. The second kappa shape index (κ2) is 6.93. The molecule has 0 atom stereocenters.